The maximum Gasteiger partial charge on any atom is 0.269 e. The summed E-state index contributed by atoms with van der Waals surface area (Å²) in [6.45, 7) is 0.285. The van der Waals surface area contributed by atoms with E-state index in [2.05, 4.69) is 10.4 Å². The van der Waals surface area contributed by atoms with E-state index in [0.717, 1.165) is 16.2 Å². The van der Waals surface area contributed by atoms with Gasteiger partial charge in [-0.05, 0) is 47.8 Å². The van der Waals surface area contributed by atoms with Crippen LogP contribution >= 0.6 is 11.3 Å². The van der Waals surface area contributed by atoms with Crippen molar-refractivity contribution < 1.29 is 18.7 Å². The number of nitrogens with zero attached hydrogens (tertiary/aromatic N) is 2. The minimum Gasteiger partial charge on any atom is -0.497 e. The standard InChI is InChI=1S/C22H21N3O4S/c1-25-18(12-17(24-25)16-11-14(27-2)6-8-19(16)28-3)22(26)23-13-15-7-9-20(29-15)21-5-4-10-30-21/h4-12H,13H2,1-3H3,(H,23,26). The maximum absolute atomic E-state index is 12.7. The second-order valence-corrected chi connectivity index (χ2v) is 7.48. The van der Waals surface area contributed by atoms with E-state index in [1.54, 1.807) is 43.4 Å². The quantitative estimate of drug-likeness (QED) is 0.478. The molecule has 0 unspecified atom stereocenters. The van der Waals surface area contributed by atoms with Crippen LogP contribution in [0.4, 0.5) is 0 Å². The fourth-order valence-electron chi connectivity index (χ4n) is 3.11. The molecule has 0 aliphatic rings. The number of aromatic nitrogens is 2. The van der Waals surface area contributed by atoms with E-state index in [4.69, 9.17) is 13.9 Å². The lowest BCUT2D eigenvalue weighted by Gasteiger charge is -2.08. The van der Waals surface area contributed by atoms with Gasteiger partial charge in [-0.15, -0.1) is 11.3 Å². The van der Waals surface area contributed by atoms with Crippen molar-refractivity contribution in [2.75, 3.05) is 14.2 Å². The first-order valence-electron chi connectivity index (χ1n) is 9.26. The number of carbonyl (C=O) groups is 1. The molecule has 3 aromatic heterocycles. The Labute approximate surface area is 177 Å². The highest BCUT2D eigenvalue weighted by Crippen LogP contribution is 2.33. The van der Waals surface area contributed by atoms with Gasteiger partial charge in [-0.2, -0.15) is 5.10 Å². The Morgan fingerprint density at radius 2 is 2.03 bits per heavy atom. The van der Waals surface area contributed by atoms with Gasteiger partial charge >= 0.3 is 0 Å². The molecule has 0 aliphatic carbocycles. The molecule has 0 bridgehead atoms. The van der Waals surface area contributed by atoms with E-state index in [0.29, 0.717) is 28.6 Å². The minimum atomic E-state index is -0.243. The summed E-state index contributed by atoms with van der Waals surface area (Å²) in [6, 6.07) is 14.9. The largest absolute Gasteiger partial charge is 0.497 e. The first kappa shape index (κ1) is 19.8. The van der Waals surface area contributed by atoms with Crippen molar-refractivity contribution in [3.05, 3.63) is 65.4 Å². The first-order chi connectivity index (χ1) is 14.6. The number of furan rings is 1. The Morgan fingerprint density at radius 1 is 1.17 bits per heavy atom. The second kappa shape index (κ2) is 8.46. The average Bonchev–Trinajstić information content (AvgIpc) is 3.52. The predicted octanol–water partition coefficient (Wildman–Crippen LogP) is 4.36. The van der Waals surface area contributed by atoms with Gasteiger partial charge in [-0.1, -0.05) is 6.07 Å². The summed E-state index contributed by atoms with van der Waals surface area (Å²) in [5.74, 6) is 2.57. The number of thiophene rings is 1. The highest BCUT2D eigenvalue weighted by Gasteiger charge is 2.18. The van der Waals surface area contributed by atoms with Crippen molar-refractivity contribution >= 4 is 17.2 Å². The molecular formula is C22H21N3O4S. The molecule has 154 valence electrons. The highest BCUT2D eigenvalue weighted by molar-refractivity contribution is 7.13. The zero-order valence-corrected chi connectivity index (χ0v) is 17.7. The molecule has 0 spiro atoms. The number of hydrogen-bond acceptors (Lipinski definition) is 6. The van der Waals surface area contributed by atoms with Crippen LogP contribution in [0, 0.1) is 0 Å². The molecule has 0 radical (unpaired) electrons. The smallest absolute Gasteiger partial charge is 0.269 e. The van der Waals surface area contributed by atoms with Crippen LogP contribution in [0.15, 0.2) is 58.3 Å². The summed E-state index contributed by atoms with van der Waals surface area (Å²) in [5, 5.41) is 9.36. The monoisotopic (exact) mass is 423 g/mol. The van der Waals surface area contributed by atoms with Crippen LogP contribution in [0.3, 0.4) is 0 Å². The first-order valence-corrected chi connectivity index (χ1v) is 10.1. The molecule has 0 atom stereocenters. The number of hydrogen-bond donors (Lipinski definition) is 1. The van der Waals surface area contributed by atoms with Crippen molar-refractivity contribution in [2.24, 2.45) is 7.05 Å². The molecule has 0 aliphatic heterocycles. The Hall–Kier alpha value is -3.52. The molecular weight excluding hydrogens is 402 g/mol. The van der Waals surface area contributed by atoms with E-state index in [-0.39, 0.29) is 12.5 Å². The van der Waals surface area contributed by atoms with Gasteiger partial charge in [0.15, 0.2) is 0 Å². The number of carbonyl (C=O) groups excluding carboxylic acids is 1. The summed E-state index contributed by atoms with van der Waals surface area (Å²) < 4.78 is 18.1. The van der Waals surface area contributed by atoms with Crippen LogP contribution in [-0.2, 0) is 13.6 Å². The Kier molecular flexibility index (Phi) is 5.58. The molecule has 4 rings (SSSR count). The highest BCUT2D eigenvalue weighted by atomic mass is 32.1. The van der Waals surface area contributed by atoms with Crippen LogP contribution < -0.4 is 14.8 Å². The van der Waals surface area contributed by atoms with E-state index in [1.165, 1.54) is 0 Å². The van der Waals surface area contributed by atoms with Crippen molar-refractivity contribution in [3.8, 4) is 33.4 Å². The lowest BCUT2D eigenvalue weighted by Crippen LogP contribution is -2.24. The summed E-state index contributed by atoms with van der Waals surface area (Å²) >= 11 is 1.61. The number of aryl methyl sites for hydroxylation is 1. The molecule has 1 amide bonds. The van der Waals surface area contributed by atoms with Gasteiger partial charge in [0, 0.05) is 12.6 Å². The molecule has 1 N–H and O–H groups in total. The van der Waals surface area contributed by atoms with Gasteiger partial charge < -0.3 is 19.2 Å². The van der Waals surface area contributed by atoms with Crippen LogP contribution in [-0.4, -0.2) is 29.9 Å². The lowest BCUT2D eigenvalue weighted by atomic mass is 10.1. The Balaban J connectivity index is 1.50. The van der Waals surface area contributed by atoms with Crippen LogP contribution in [0.2, 0.25) is 0 Å². The normalized spacial score (nSPS) is 10.8. The molecule has 0 fully saturated rings. The van der Waals surface area contributed by atoms with E-state index >= 15 is 0 Å². The predicted molar refractivity (Wildman–Crippen MR) is 115 cm³/mol. The zero-order chi connectivity index (χ0) is 21.1. The number of methoxy groups -OCH3 is 2. The third kappa shape index (κ3) is 3.95. The van der Waals surface area contributed by atoms with Crippen LogP contribution in [0.5, 0.6) is 11.5 Å². The van der Waals surface area contributed by atoms with Crippen molar-refractivity contribution in [2.45, 2.75) is 6.54 Å². The van der Waals surface area contributed by atoms with Gasteiger partial charge in [0.2, 0.25) is 0 Å². The molecule has 30 heavy (non-hydrogen) atoms. The summed E-state index contributed by atoms with van der Waals surface area (Å²) in [4.78, 5) is 13.8. The minimum absolute atomic E-state index is 0.243. The van der Waals surface area contributed by atoms with E-state index in [1.807, 2.05) is 47.8 Å². The molecule has 0 saturated heterocycles. The lowest BCUT2D eigenvalue weighted by molar-refractivity contribution is 0.0938. The van der Waals surface area contributed by atoms with Gasteiger partial charge in [-0.25, -0.2) is 0 Å². The summed E-state index contributed by atoms with van der Waals surface area (Å²) in [5.41, 5.74) is 1.80. The Morgan fingerprint density at radius 3 is 2.77 bits per heavy atom. The number of benzene rings is 1. The number of rotatable bonds is 7. The van der Waals surface area contributed by atoms with Crippen molar-refractivity contribution in [1.82, 2.24) is 15.1 Å². The topological polar surface area (TPSA) is 78.5 Å². The molecule has 8 heteroatoms. The van der Waals surface area contributed by atoms with Gasteiger partial charge in [-0.3, -0.25) is 9.48 Å². The third-order valence-corrected chi connectivity index (χ3v) is 5.53. The molecule has 3 heterocycles. The van der Waals surface area contributed by atoms with Crippen molar-refractivity contribution in [1.29, 1.82) is 0 Å². The summed E-state index contributed by atoms with van der Waals surface area (Å²) in [6.07, 6.45) is 0. The number of nitrogens with one attached hydrogen (secondary N) is 1. The molecule has 7 nitrogen and oxygen atoms in total. The zero-order valence-electron chi connectivity index (χ0n) is 16.8. The number of amides is 1. The fraction of sp³-hybridized carbons (Fsp3) is 0.182. The number of ether oxygens (including phenoxy) is 2. The molecule has 0 saturated carbocycles. The molecule has 1 aromatic carbocycles. The summed E-state index contributed by atoms with van der Waals surface area (Å²) in [7, 11) is 4.92. The van der Waals surface area contributed by atoms with Crippen molar-refractivity contribution in [3.63, 3.8) is 0 Å². The van der Waals surface area contributed by atoms with Gasteiger partial charge in [0.05, 0.1) is 31.3 Å². The van der Waals surface area contributed by atoms with E-state index in [9.17, 15) is 4.79 Å². The third-order valence-electron chi connectivity index (χ3n) is 4.64. The fourth-order valence-corrected chi connectivity index (χ4v) is 3.79. The maximum atomic E-state index is 12.7. The SMILES string of the molecule is COc1ccc(OC)c(-c2cc(C(=O)NCc3ccc(-c4cccs4)o3)n(C)n2)c1. The average molecular weight is 423 g/mol. The van der Waals surface area contributed by atoms with Gasteiger partial charge in [0.25, 0.3) is 5.91 Å². The second-order valence-electron chi connectivity index (χ2n) is 6.53. The Bertz CT molecular complexity index is 1160. The van der Waals surface area contributed by atoms with Crippen LogP contribution in [0.1, 0.15) is 16.2 Å². The van der Waals surface area contributed by atoms with E-state index < -0.39 is 0 Å². The molecule has 4 aromatic rings. The van der Waals surface area contributed by atoms with Crippen LogP contribution in [0.25, 0.3) is 21.9 Å². The van der Waals surface area contributed by atoms with Gasteiger partial charge in [0.1, 0.15) is 28.7 Å².